The number of carbonyl (C=O) groups is 2. The molecule has 138 valence electrons. The van der Waals surface area contributed by atoms with Crippen molar-refractivity contribution in [2.45, 2.75) is 18.4 Å². The van der Waals surface area contributed by atoms with Crippen molar-refractivity contribution in [2.24, 2.45) is 0 Å². The van der Waals surface area contributed by atoms with Crippen molar-refractivity contribution >= 4 is 35.1 Å². The summed E-state index contributed by atoms with van der Waals surface area (Å²) < 4.78 is 18.3. The first-order chi connectivity index (χ1) is 12.4. The molecule has 0 spiro atoms. The Hall–Kier alpha value is -2.13. The molecule has 26 heavy (non-hydrogen) atoms. The highest BCUT2D eigenvalue weighted by Gasteiger charge is 2.45. The van der Waals surface area contributed by atoms with Crippen molar-refractivity contribution in [3.05, 3.63) is 52.5 Å². The largest absolute Gasteiger partial charge is 0.473 e. The molecule has 1 aromatic carbocycles. The number of ether oxygens (including phenoxy) is 3. The number of halogens is 2. The molecule has 1 aliphatic heterocycles. The molecule has 0 unspecified atom stereocenters. The van der Waals surface area contributed by atoms with Gasteiger partial charge in [0.1, 0.15) is 12.7 Å². The number of imidazole rings is 1. The van der Waals surface area contributed by atoms with Gasteiger partial charge in [-0.3, -0.25) is 0 Å². The van der Waals surface area contributed by atoms with Crippen LogP contribution in [0.15, 0.2) is 36.9 Å². The molecule has 1 saturated heterocycles. The molecule has 0 aliphatic carbocycles. The van der Waals surface area contributed by atoms with Crippen LogP contribution in [-0.2, 0) is 36.1 Å². The summed E-state index contributed by atoms with van der Waals surface area (Å²) in [7, 11) is 0. The lowest BCUT2D eigenvalue weighted by molar-refractivity contribution is -0.193. The zero-order valence-corrected chi connectivity index (χ0v) is 14.8. The van der Waals surface area contributed by atoms with Crippen LogP contribution in [0.3, 0.4) is 0 Å². The van der Waals surface area contributed by atoms with E-state index in [-0.39, 0.29) is 19.8 Å². The quantitative estimate of drug-likeness (QED) is 0.605. The Morgan fingerprint density at radius 3 is 2.88 bits per heavy atom. The van der Waals surface area contributed by atoms with Crippen LogP contribution < -0.4 is 0 Å². The standard InChI is InChI=1S/C16H14Cl2N2O6/c17-10-1-2-12(13(18)5-10)16(8-20-4-3-19-9-20)25-7-11(26-16)6-24-15(23)14(21)22/h1-5,9,11H,6-8H2,(H,21,22)/t11-,16-/m1/s1. The Balaban J connectivity index is 1.83. The van der Waals surface area contributed by atoms with Gasteiger partial charge in [0.05, 0.1) is 24.5 Å². The number of carbonyl (C=O) groups excluding carboxylic acids is 1. The van der Waals surface area contributed by atoms with Crippen molar-refractivity contribution in [3.8, 4) is 0 Å². The average Bonchev–Trinajstić information content (AvgIpc) is 3.23. The number of benzene rings is 1. The Labute approximate surface area is 158 Å². The van der Waals surface area contributed by atoms with Crippen molar-refractivity contribution in [1.29, 1.82) is 0 Å². The molecule has 1 aromatic heterocycles. The van der Waals surface area contributed by atoms with Crippen molar-refractivity contribution in [3.63, 3.8) is 0 Å². The molecule has 1 aliphatic rings. The number of carboxylic acids is 1. The van der Waals surface area contributed by atoms with Crippen LogP contribution in [0.4, 0.5) is 0 Å². The summed E-state index contributed by atoms with van der Waals surface area (Å²) in [5, 5.41) is 9.39. The van der Waals surface area contributed by atoms with Crippen molar-refractivity contribution in [1.82, 2.24) is 9.55 Å². The Bertz CT molecular complexity index is 813. The number of hydrogen-bond donors (Lipinski definition) is 1. The smallest absolute Gasteiger partial charge is 0.417 e. The zero-order valence-electron chi connectivity index (χ0n) is 13.3. The van der Waals surface area contributed by atoms with Gasteiger partial charge in [-0.25, -0.2) is 14.6 Å². The van der Waals surface area contributed by atoms with Crippen LogP contribution in [0.25, 0.3) is 0 Å². The normalized spacial score (nSPS) is 22.3. The van der Waals surface area contributed by atoms with E-state index in [9.17, 15) is 9.59 Å². The van der Waals surface area contributed by atoms with Gasteiger partial charge in [0.2, 0.25) is 5.79 Å². The minimum Gasteiger partial charge on any atom is -0.473 e. The molecule has 1 N–H and O–H groups in total. The first-order valence-corrected chi connectivity index (χ1v) is 8.28. The predicted octanol–water partition coefficient (Wildman–Crippen LogP) is 2.09. The summed E-state index contributed by atoms with van der Waals surface area (Å²) >= 11 is 12.3. The number of carboxylic acid groups (broad SMARTS) is 1. The molecular weight excluding hydrogens is 387 g/mol. The Morgan fingerprint density at radius 2 is 2.23 bits per heavy atom. The van der Waals surface area contributed by atoms with Gasteiger partial charge in [0.25, 0.3) is 0 Å². The molecule has 8 nitrogen and oxygen atoms in total. The zero-order chi connectivity index (χ0) is 18.7. The molecule has 2 heterocycles. The average molecular weight is 401 g/mol. The number of aliphatic carboxylic acids is 1. The molecule has 3 rings (SSSR count). The fourth-order valence-corrected chi connectivity index (χ4v) is 3.16. The van der Waals surface area contributed by atoms with E-state index in [4.69, 9.17) is 37.8 Å². The second kappa shape index (κ2) is 7.63. The van der Waals surface area contributed by atoms with E-state index in [1.165, 1.54) is 0 Å². The van der Waals surface area contributed by atoms with E-state index in [0.717, 1.165) is 0 Å². The van der Waals surface area contributed by atoms with E-state index >= 15 is 0 Å². The third kappa shape index (κ3) is 3.99. The number of rotatable bonds is 5. The van der Waals surface area contributed by atoms with Crippen molar-refractivity contribution < 1.29 is 28.9 Å². The first kappa shape index (κ1) is 18.7. The molecule has 1 fully saturated rings. The first-order valence-electron chi connectivity index (χ1n) is 7.53. The maximum atomic E-state index is 11.1. The number of nitrogens with zero attached hydrogens (tertiary/aromatic N) is 2. The summed E-state index contributed by atoms with van der Waals surface area (Å²) in [6.45, 7) is 0.0559. The lowest BCUT2D eigenvalue weighted by Gasteiger charge is -2.29. The van der Waals surface area contributed by atoms with Crippen LogP contribution >= 0.6 is 23.2 Å². The van der Waals surface area contributed by atoms with Gasteiger partial charge in [-0.1, -0.05) is 29.3 Å². The van der Waals surface area contributed by atoms with E-state index in [0.29, 0.717) is 15.6 Å². The maximum absolute atomic E-state index is 11.1. The summed E-state index contributed by atoms with van der Waals surface area (Å²) in [4.78, 5) is 25.7. The Morgan fingerprint density at radius 1 is 1.42 bits per heavy atom. The highest BCUT2D eigenvalue weighted by molar-refractivity contribution is 6.35. The van der Waals surface area contributed by atoms with Crippen molar-refractivity contribution in [2.75, 3.05) is 13.2 Å². The van der Waals surface area contributed by atoms with E-state index in [1.54, 1.807) is 41.5 Å². The summed E-state index contributed by atoms with van der Waals surface area (Å²) in [6, 6.07) is 4.91. The molecule has 0 amide bonds. The fraction of sp³-hybridized carbons (Fsp3) is 0.312. The van der Waals surface area contributed by atoms with Gasteiger partial charge >= 0.3 is 11.9 Å². The van der Waals surface area contributed by atoms with Crippen LogP contribution in [-0.4, -0.2) is 45.9 Å². The minimum atomic E-state index is -1.67. The lowest BCUT2D eigenvalue weighted by atomic mass is 10.1. The van der Waals surface area contributed by atoms with Crippen LogP contribution in [0.5, 0.6) is 0 Å². The highest BCUT2D eigenvalue weighted by atomic mass is 35.5. The van der Waals surface area contributed by atoms with Crippen LogP contribution in [0.2, 0.25) is 10.0 Å². The number of aromatic nitrogens is 2. The van der Waals surface area contributed by atoms with Crippen LogP contribution in [0.1, 0.15) is 5.56 Å². The third-order valence-corrected chi connectivity index (χ3v) is 4.27. The van der Waals surface area contributed by atoms with Gasteiger partial charge in [-0.05, 0) is 12.1 Å². The molecule has 10 heteroatoms. The Kier molecular flexibility index (Phi) is 5.47. The maximum Gasteiger partial charge on any atom is 0.417 e. The van der Waals surface area contributed by atoms with E-state index in [1.807, 2.05) is 0 Å². The predicted molar refractivity (Wildman–Crippen MR) is 89.8 cm³/mol. The van der Waals surface area contributed by atoms with Gasteiger partial charge in [-0.15, -0.1) is 0 Å². The second-order valence-corrected chi connectivity index (χ2v) is 6.41. The van der Waals surface area contributed by atoms with Gasteiger partial charge < -0.3 is 23.9 Å². The second-order valence-electron chi connectivity index (χ2n) is 5.57. The van der Waals surface area contributed by atoms with E-state index < -0.39 is 23.8 Å². The lowest BCUT2D eigenvalue weighted by Crippen LogP contribution is -2.34. The molecule has 2 atom stereocenters. The van der Waals surface area contributed by atoms with Gasteiger partial charge in [0.15, 0.2) is 0 Å². The minimum absolute atomic E-state index is 0.0839. The van der Waals surface area contributed by atoms with Gasteiger partial charge in [0, 0.05) is 23.0 Å². The molecule has 0 radical (unpaired) electrons. The summed E-state index contributed by atoms with van der Waals surface area (Å²) in [5.41, 5.74) is 0.546. The molecule has 2 aromatic rings. The fourth-order valence-electron chi connectivity index (χ4n) is 2.61. The van der Waals surface area contributed by atoms with Crippen LogP contribution in [0, 0.1) is 0 Å². The molecular formula is C16H14Cl2N2O6. The topological polar surface area (TPSA) is 99.9 Å². The summed E-state index contributed by atoms with van der Waals surface area (Å²) in [5.74, 6) is -4.29. The summed E-state index contributed by atoms with van der Waals surface area (Å²) in [6.07, 6.45) is 4.28. The molecule has 0 saturated carbocycles. The SMILES string of the molecule is O=C(O)C(=O)OC[C@@H]1CO[C@@](Cn2ccnc2)(c2ccc(Cl)cc2Cl)O1. The number of esters is 1. The highest BCUT2D eigenvalue weighted by Crippen LogP contribution is 2.40. The van der Waals surface area contributed by atoms with E-state index in [2.05, 4.69) is 9.72 Å². The monoisotopic (exact) mass is 400 g/mol. The molecule has 0 bridgehead atoms. The number of hydrogen-bond acceptors (Lipinski definition) is 6. The third-order valence-electron chi connectivity index (χ3n) is 3.73. The van der Waals surface area contributed by atoms with Gasteiger partial charge in [-0.2, -0.15) is 0 Å².